The third-order valence-electron chi connectivity index (χ3n) is 5.76. The summed E-state index contributed by atoms with van der Waals surface area (Å²) in [6.45, 7) is 11.1. The first-order valence-corrected chi connectivity index (χ1v) is 12.1. The second-order valence-electron chi connectivity index (χ2n) is 8.65. The Kier molecular flexibility index (Phi) is 10.3. The van der Waals surface area contributed by atoms with Crippen molar-refractivity contribution in [1.29, 1.82) is 0 Å². The first-order chi connectivity index (χ1) is 16.1. The van der Waals surface area contributed by atoms with Gasteiger partial charge in [0.05, 0.1) is 25.9 Å². The van der Waals surface area contributed by atoms with Crippen LogP contribution in [-0.2, 0) is 17.9 Å². The molecular formula is C25H38N4O4. The molecule has 1 unspecified atom stereocenters. The van der Waals surface area contributed by atoms with Gasteiger partial charge in [0.15, 0.2) is 5.69 Å². The molecule has 1 aliphatic rings. The number of benzene rings is 1. The molecule has 8 heteroatoms. The summed E-state index contributed by atoms with van der Waals surface area (Å²) in [7, 11) is 0. The Hall–Kier alpha value is -2.26. The standard InChI is InChI=1S/C25H38N4O4/c1-3-10-29(11-4-2)25(31)23-20-33-24(26-23)17-28-14-12-27(13-15-28)16-22(30)19-32-18-21-8-6-5-7-9-21/h5-9,20,22,30H,3-4,10-19H2,1-2H3. The molecule has 0 spiro atoms. The van der Waals surface area contributed by atoms with Crippen LogP contribution in [0.3, 0.4) is 0 Å². The van der Waals surface area contributed by atoms with Crippen molar-refractivity contribution >= 4 is 5.91 Å². The molecule has 1 aliphatic heterocycles. The highest BCUT2D eigenvalue weighted by molar-refractivity contribution is 5.92. The van der Waals surface area contributed by atoms with Crippen molar-refractivity contribution in [2.75, 3.05) is 52.4 Å². The van der Waals surface area contributed by atoms with E-state index >= 15 is 0 Å². The molecule has 2 heterocycles. The van der Waals surface area contributed by atoms with Crippen molar-refractivity contribution in [2.45, 2.75) is 45.9 Å². The summed E-state index contributed by atoms with van der Waals surface area (Å²) >= 11 is 0. The summed E-state index contributed by atoms with van der Waals surface area (Å²) < 4.78 is 11.2. The van der Waals surface area contributed by atoms with Crippen LogP contribution < -0.4 is 0 Å². The lowest BCUT2D eigenvalue weighted by Gasteiger charge is -2.34. The van der Waals surface area contributed by atoms with Gasteiger partial charge in [-0.25, -0.2) is 4.98 Å². The number of oxazole rings is 1. The Balaban J connectivity index is 1.36. The number of piperazine rings is 1. The van der Waals surface area contributed by atoms with Gasteiger partial charge in [-0.15, -0.1) is 0 Å². The van der Waals surface area contributed by atoms with Gasteiger partial charge in [-0.05, 0) is 18.4 Å². The Bertz CT molecular complexity index is 815. The molecule has 3 rings (SSSR count). The van der Waals surface area contributed by atoms with Crippen molar-refractivity contribution in [3.8, 4) is 0 Å². The molecule has 1 amide bonds. The van der Waals surface area contributed by atoms with Crippen molar-refractivity contribution in [2.24, 2.45) is 0 Å². The minimum Gasteiger partial charge on any atom is -0.447 e. The lowest BCUT2D eigenvalue weighted by Crippen LogP contribution is -2.48. The topological polar surface area (TPSA) is 82.3 Å². The van der Waals surface area contributed by atoms with E-state index in [1.165, 1.54) is 6.26 Å². The molecule has 1 aromatic carbocycles. The highest BCUT2D eigenvalue weighted by atomic mass is 16.5. The second kappa shape index (κ2) is 13.4. The normalized spacial score (nSPS) is 16.1. The first-order valence-electron chi connectivity index (χ1n) is 12.1. The number of amides is 1. The third kappa shape index (κ3) is 8.23. The Labute approximate surface area is 197 Å². The molecule has 1 N–H and O–H groups in total. The summed E-state index contributed by atoms with van der Waals surface area (Å²) in [4.78, 5) is 23.5. The Morgan fingerprint density at radius 3 is 2.45 bits per heavy atom. The third-order valence-corrected chi connectivity index (χ3v) is 5.76. The molecule has 0 radical (unpaired) electrons. The molecule has 182 valence electrons. The van der Waals surface area contributed by atoms with Crippen molar-refractivity contribution in [3.05, 3.63) is 53.7 Å². The van der Waals surface area contributed by atoms with Gasteiger partial charge in [-0.1, -0.05) is 44.2 Å². The average molecular weight is 459 g/mol. The van der Waals surface area contributed by atoms with E-state index in [9.17, 15) is 9.90 Å². The van der Waals surface area contributed by atoms with Gasteiger partial charge in [0.1, 0.15) is 6.26 Å². The smallest absolute Gasteiger partial charge is 0.275 e. The van der Waals surface area contributed by atoms with E-state index < -0.39 is 6.10 Å². The molecule has 2 aromatic rings. The van der Waals surface area contributed by atoms with E-state index in [0.717, 1.165) is 57.7 Å². The monoisotopic (exact) mass is 458 g/mol. The zero-order chi connectivity index (χ0) is 23.5. The highest BCUT2D eigenvalue weighted by Crippen LogP contribution is 2.12. The molecule has 8 nitrogen and oxygen atoms in total. The number of hydrogen-bond acceptors (Lipinski definition) is 7. The lowest BCUT2D eigenvalue weighted by molar-refractivity contribution is 0.000371. The largest absolute Gasteiger partial charge is 0.447 e. The van der Waals surface area contributed by atoms with E-state index in [1.54, 1.807) is 0 Å². The number of aliphatic hydroxyl groups is 1. The van der Waals surface area contributed by atoms with E-state index in [-0.39, 0.29) is 5.91 Å². The Morgan fingerprint density at radius 2 is 1.79 bits per heavy atom. The van der Waals surface area contributed by atoms with Crippen LogP contribution in [0.1, 0.15) is 48.6 Å². The number of hydrogen-bond donors (Lipinski definition) is 1. The van der Waals surface area contributed by atoms with Crippen molar-refractivity contribution in [1.82, 2.24) is 19.7 Å². The number of ether oxygens (including phenoxy) is 1. The van der Waals surface area contributed by atoms with E-state index in [4.69, 9.17) is 9.15 Å². The average Bonchev–Trinajstić information content (AvgIpc) is 3.29. The number of nitrogens with zero attached hydrogens (tertiary/aromatic N) is 4. The quantitative estimate of drug-likeness (QED) is 0.494. The van der Waals surface area contributed by atoms with Gasteiger partial charge in [-0.3, -0.25) is 14.6 Å². The number of β-amino-alcohol motifs (C(OH)–C–C–N with tert-alkyl or cyclic N) is 1. The van der Waals surface area contributed by atoms with E-state index in [0.29, 0.717) is 37.9 Å². The molecule has 1 fully saturated rings. The van der Waals surface area contributed by atoms with Gasteiger partial charge in [-0.2, -0.15) is 0 Å². The minimum atomic E-state index is -0.505. The lowest BCUT2D eigenvalue weighted by atomic mass is 10.2. The van der Waals surface area contributed by atoms with Crippen LogP contribution in [0.25, 0.3) is 0 Å². The van der Waals surface area contributed by atoms with Gasteiger partial charge in [0.2, 0.25) is 5.89 Å². The molecule has 33 heavy (non-hydrogen) atoms. The summed E-state index contributed by atoms with van der Waals surface area (Å²) in [6, 6.07) is 9.99. The second-order valence-corrected chi connectivity index (χ2v) is 8.65. The van der Waals surface area contributed by atoms with E-state index in [1.807, 2.05) is 35.2 Å². The maximum atomic E-state index is 12.7. The SMILES string of the molecule is CCCN(CCC)C(=O)c1coc(CN2CCN(CC(O)COCc3ccccc3)CC2)n1. The van der Waals surface area contributed by atoms with Gasteiger partial charge in [0.25, 0.3) is 5.91 Å². The number of carbonyl (C=O) groups excluding carboxylic acids is 1. The molecule has 1 aromatic heterocycles. The number of carbonyl (C=O) groups is 1. The fourth-order valence-corrected chi connectivity index (χ4v) is 4.06. The number of aromatic nitrogens is 1. The summed E-state index contributed by atoms with van der Waals surface area (Å²) in [5.41, 5.74) is 1.50. The highest BCUT2D eigenvalue weighted by Gasteiger charge is 2.23. The van der Waals surface area contributed by atoms with Crippen LogP contribution >= 0.6 is 0 Å². The number of aliphatic hydroxyl groups excluding tert-OH is 1. The summed E-state index contributed by atoms with van der Waals surface area (Å²) in [6.07, 6.45) is 2.83. The maximum Gasteiger partial charge on any atom is 0.275 e. The van der Waals surface area contributed by atoms with Crippen LogP contribution in [0, 0.1) is 0 Å². The van der Waals surface area contributed by atoms with Crippen LogP contribution in [-0.4, -0.2) is 89.2 Å². The van der Waals surface area contributed by atoms with Gasteiger partial charge in [0, 0.05) is 45.8 Å². The maximum absolute atomic E-state index is 12.7. The van der Waals surface area contributed by atoms with Crippen LogP contribution in [0.2, 0.25) is 0 Å². The molecule has 1 saturated heterocycles. The zero-order valence-corrected chi connectivity index (χ0v) is 20.0. The van der Waals surface area contributed by atoms with Crippen LogP contribution in [0.5, 0.6) is 0 Å². The summed E-state index contributed by atoms with van der Waals surface area (Å²) in [5.74, 6) is 0.524. The molecule has 0 saturated carbocycles. The predicted octanol–water partition coefficient (Wildman–Crippen LogP) is 2.63. The molecule has 1 atom stereocenters. The minimum absolute atomic E-state index is 0.0537. The van der Waals surface area contributed by atoms with Gasteiger partial charge >= 0.3 is 0 Å². The van der Waals surface area contributed by atoms with Crippen molar-refractivity contribution in [3.63, 3.8) is 0 Å². The Morgan fingerprint density at radius 1 is 1.12 bits per heavy atom. The fraction of sp³-hybridized carbons (Fsp3) is 0.600. The summed E-state index contributed by atoms with van der Waals surface area (Å²) in [5, 5.41) is 10.3. The molecule has 0 aliphatic carbocycles. The zero-order valence-electron chi connectivity index (χ0n) is 20.0. The predicted molar refractivity (Wildman–Crippen MR) is 127 cm³/mol. The molecular weight excluding hydrogens is 420 g/mol. The van der Waals surface area contributed by atoms with Crippen LogP contribution in [0.4, 0.5) is 0 Å². The van der Waals surface area contributed by atoms with Crippen molar-refractivity contribution < 1.29 is 19.1 Å². The first kappa shape index (κ1) is 25.4. The number of rotatable bonds is 13. The molecule has 0 bridgehead atoms. The van der Waals surface area contributed by atoms with E-state index in [2.05, 4.69) is 28.6 Å². The fourth-order valence-electron chi connectivity index (χ4n) is 4.06. The van der Waals surface area contributed by atoms with Crippen LogP contribution in [0.15, 0.2) is 41.0 Å². The van der Waals surface area contributed by atoms with Gasteiger partial charge < -0.3 is 19.2 Å².